The Morgan fingerprint density at radius 2 is 0.944 bits per heavy atom. The molecule has 0 saturated heterocycles. The molecule has 0 bridgehead atoms. The third kappa shape index (κ3) is 4.23. The highest BCUT2D eigenvalue weighted by molar-refractivity contribution is 5.73. The van der Waals surface area contributed by atoms with Gasteiger partial charge in [-0.25, -0.2) is 9.97 Å². The monoisotopic (exact) mass is 466 g/mol. The van der Waals surface area contributed by atoms with E-state index in [0.717, 1.165) is 22.5 Å². The van der Waals surface area contributed by atoms with Gasteiger partial charge in [0.1, 0.15) is 0 Å². The van der Waals surface area contributed by atoms with Crippen molar-refractivity contribution >= 4 is 17.3 Å². The van der Waals surface area contributed by atoms with Crippen LogP contribution in [-0.2, 0) is 0 Å². The Kier molecular flexibility index (Phi) is 5.74. The van der Waals surface area contributed by atoms with Crippen LogP contribution in [0.15, 0.2) is 134 Å². The third-order valence-electron chi connectivity index (χ3n) is 5.75. The minimum atomic E-state index is 0.493. The molecule has 6 nitrogen and oxygen atoms in total. The fraction of sp³-hybridized carbons (Fsp3) is 0. The van der Waals surface area contributed by atoms with Crippen molar-refractivity contribution < 1.29 is 0 Å². The summed E-state index contributed by atoms with van der Waals surface area (Å²) in [5.74, 6) is 2.37. The second kappa shape index (κ2) is 9.64. The first kappa shape index (κ1) is 21.4. The van der Waals surface area contributed by atoms with E-state index in [9.17, 15) is 0 Å². The van der Waals surface area contributed by atoms with E-state index >= 15 is 0 Å². The van der Waals surface area contributed by atoms with Gasteiger partial charge in [0.05, 0.1) is 0 Å². The molecular formula is C30H22N6. The van der Waals surface area contributed by atoms with E-state index in [2.05, 4.69) is 29.2 Å². The van der Waals surface area contributed by atoms with Crippen LogP contribution < -0.4 is 4.90 Å². The lowest BCUT2D eigenvalue weighted by Gasteiger charge is -2.24. The third-order valence-corrected chi connectivity index (χ3v) is 5.75. The van der Waals surface area contributed by atoms with E-state index in [1.54, 1.807) is 6.20 Å². The predicted octanol–water partition coefficient (Wildman–Crippen LogP) is 6.86. The van der Waals surface area contributed by atoms with Gasteiger partial charge in [0, 0.05) is 34.9 Å². The van der Waals surface area contributed by atoms with Gasteiger partial charge in [-0.05, 0) is 24.3 Å². The maximum atomic E-state index is 4.88. The molecule has 0 saturated carbocycles. The van der Waals surface area contributed by atoms with Crippen molar-refractivity contribution in [1.82, 2.24) is 24.5 Å². The maximum Gasteiger partial charge on any atom is 0.240 e. The quantitative estimate of drug-likeness (QED) is 0.268. The summed E-state index contributed by atoms with van der Waals surface area (Å²) in [6, 6.07) is 40.2. The van der Waals surface area contributed by atoms with E-state index in [1.165, 1.54) is 0 Å². The van der Waals surface area contributed by atoms with Crippen LogP contribution in [0.5, 0.6) is 0 Å². The Bertz CT molecular complexity index is 1470. The van der Waals surface area contributed by atoms with Crippen molar-refractivity contribution in [2.75, 3.05) is 4.90 Å². The average molecular weight is 467 g/mol. The second-order valence-electron chi connectivity index (χ2n) is 8.12. The molecule has 0 N–H and O–H groups in total. The van der Waals surface area contributed by atoms with Crippen LogP contribution in [0.4, 0.5) is 17.3 Å². The molecule has 0 radical (unpaired) electrons. The number of para-hydroxylation sites is 2. The van der Waals surface area contributed by atoms with Crippen molar-refractivity contribution in [1.29, 1.82) is 0 Å². The summed E-state index contributed by atoms with van der Waals surface area (Å²) < 4.78 is 1.90. The Balaban J connectivity index is 1.55. The standard InChI is InChI=1S/C30H22N6/c1-5-13-23(14-6-1)27-32-28(24-15-7-2-8-16-24)34-29(33-27)35-22-21-31-30(35)36(25-17-9-3-10-18-25)26-19-11-4-12-20-26/h1-22H. The summed E-state index contributed by atoms with van der Waals surface area (Å²) in [7, 11) is 0. The Morgan fingerprint density at radius 3 is 1.42 bits per heavy atom. The number of imidazole rings is 1. The van der Waals surface area contributed by atoms with Crippen LogP contribution >= 0.6 is 0 Å². The van der Waals surface area contributed by atoms with E-state index in [0.29, 0.717) is 23.5 Å². The van der Waals surface area contributed by atoms with Crippen LogP contribution in [0.2, 0.25) is 0 Å². The fourth-order valence-corrected chi connectivity index (χ4v) is 4.06. The van der Waals surface area contributed by atoms with Crippen LogP contribution in [0.25, 0.3) is 28.7 Å². The first-order valence-corrected chi connectivity index (χ1v) is 11.7. The molecule has 2 heterocycles. The zero-order valence-corrected chi connectivity index (χ0v) is 19.4. The van der Waals surface area contributed by atoms with Crippen molar-refractivity contribution in [2.45, 2.75) is 0 Å². The maximum absolute atomic E-state index is 4.88. The number of benzene rings is 4. The molecule has 4 aromatic carbocycles. The molecule has 0 spiro atoms. The summed E-state index contributed by atoms with van der Waals surface area (Å²) in [6.45, 7) is 0. The molecule has 6 rings (SSSR count). The number of anilines is 3. The van der Waals surface area contributed by atoms with Gasteiger partial charge in [-0.1, -0.05) is 97.1 Å². The largest absolute Gasteiger partial charge is 0.280 e. The van der Waals surface area contributed by atoms with E-state index in [-0.39, 0.29) is 0 Å². The van der Waals surface area contributed by atoms with Crippen LogP contribution in [0.1, 0.15) is 0 Å². The van der Waals surface area contributed by atoms with Gasteiger partial charge in [-0.3, -0.25) is 9.47 Å². The lowest BCUT2D eigenvalue weighted by Crippen LogP contribution is -2.16. The van der Waals surface area contributed by atoms with Crippen molar-refractivity contribution in [3.63, 3.8) is 0 Å². The Labute approximate surface area is 209 Å². The molecular weight excluding hydrogens is 444 g/mol. The molecule has 0 atom stereocenters. The molecule has 0 aliphatic carbocycles. The SMILES string of the molecule is c1ccc(-c2nc(-c3ccccc3)nc(-n3ccnc3N(c3ccccc3)c3ccccc3)n2)cc1. The topological polar surface area (TPSA) is 59.7 Å². The van der Waals surface area contributed by atoms with Gasteiger partial charge in [0.25, 0.3) is 0 Å². The highest BCUT2D eigenvalue weighted by Gasteiger charge is 2.20. The van der Waals surface area contributed by atoms with Crippen LogP contribution in [0.3, 0.4) is 0 Å². The van der Waals surface area contributed by atoms with Gasteiger partial charge in [0.15, 0.2) is 11.6 Å². The lowest BCUT2D eigenvalue weighted by atomic mass is 10.2. The fourth-order valence-electron chi connectivity index (χ4n) is 4.06. The number of hydrogen-bond acceptors (Lipinski definition) is 5. The Morgan fingerprint density at radius 1 is 0.500 bits per heavy atom. The van der Waals surface area contributed by atoms with Gasteiger partial charge in [-0.2, -0.15) is 9.97 Å². The minimum Gasteiger partial charge on any atom is -0.280 e. The first-order chi connectivity index (χ1) is 17.9. The predicted molar refractivity (Wildman–Crippen MR) is 143 cm³/mol. The number of hydrogen-bond donors (Lipinski definition) is 0. The summed E-state index contributed by atoms with van der Waals surface area (Å²) >= 11 is 0. The molecule has 6 aromatic rings. The normalized spacial score (nSPS) is 10.8. The molecule has 0 aliphatic rings. The van der Waals surface area contributed by atoms with Crippen molar-refractivity contribution in [3.8, 4) is 28.7 Å². The number of rotatable bonds is 6. The van der Waals surface area contributed by atoms with Crippen molar-refractivity contribution in [3.05, 3.63) is 134 Å². The molecule has 6 heteroatoms. The number of aromatic nitrogens is 5. The van der Waals surface area contributed by atoms with E-state index in [4.69, 9.17) is 19.9 Å². The van der Waals surface area contributed by atoms with Gasteiger partial charge >= 0.3 is 0 Å². The summed E-state index contributed by atoms with van der Waals surface area (Å²) in [4.78, 5) is 21.4. The smallest absolute Gasteiger partial charge is 0.240 e. The van der Waals surface area contributed by atoms with E-state index < -0.39 is 0 Å². The molecule has 0 fully saturated rings. The van der Waals surface area contributed by atoms with Crippen LogP contribution in [0, 0.1) is 0 Å². The van der Waals surface area contributed by atoms with Gasteiger partial charge < -0.3 is 0 Å². The van der Waals surface area contributed by atoms with Gasteiger partial charge in [-0.15, -0.1) is 0 Å². The molecule has 0 unspecified atom stereocenters. The number of nitrogens with zero attached hydrogens (tertiary/aromatic N) is 6. The van der Waals surface area contributed by atoms with E-state index in [1.807, 2.05) is 108 Å². The summed E-state index contributed by atoms with van der Waals surface area (Å²) in [6.07, 6.45) is 3.65. The average Bonchev–Trinajstić information content (AvgIpc) is 3.44. The molecule has 36 heavy (non-hydrogen) atoms. The second-order valence-corrected chi connectivity index (χ2v) is 8.12. The van der Waals surface area contributed by atoms with Crippen molar-refractivity contribution in [2.24, 2.45) is 0 Å². The van der Waals surface area contributed by atoms with Gasteiger partial charge in [0.2, 0.25) is 11.9 Å². The lowest BCUT2D eigenvalue weighted by molar-refractivity contribution is 0.894. The molecule has 172 valence electrons. The zero-order valence-electron chi connectivity index (χ0n) is 19.4. The summed E-state index contributed by atoms with van der Waals surface area (Å²) in [5.41, 5.74) is 3.81. The highest BCUT2D eigenvalue weighted by Crippen LogP contribution is 2.34. The first-order valence-electron chi connectivity index (χ1n) is 11.7. The highest BCUT2D eigenvalue weighted by atomic mass is 15.4. The zero-order chi connectivity index (χ0) is 24.2. The molecule has 0 amide bonds. The Hall–Kier alpha value is -5.10. The molecule has 2 aromatic heterocycles. The van der Waals surface area contributed by atoms with Crippen LogP contribution in [-0.4, -0.2) is 24.5 Å². The molecule has 0 aliphatic heterocycles. The summed E-state index contributed by atoms with van der Waals surface area (Å²) in [5, 5.41) is 0. The minimum absolute atomic E-state index is 0.493.